The van der Waals surface area contributed by atoms with E-state index in [0.29, 0.717) is 23.0 Å². The summed E-state index contributed by atoms with van der Waals surface area (Å²) in [5.41, 5.74) is 0. The molecule has 0 bridgehead atoms. The summed E-state index contributed by atoms with van der Waals surface area (Å²) >= 11 is 0. The van der Waals surface area contributed by atoms with Crippen LogP contribution >= 0.6 is 0 Å². The molecule has 0 N–H and O–H groups in total. The minimum atomic E-state index is -3.55. The van der Waals surface area contributed by atoms with Crippen molar-refractivity contribution in [1.82, 2.24) is 0 Å². The predicted octanol–water partition coefficient (Wildman–Crippen LogP) is 6.11. The minimum absolute atomic E-state index is 0.217. The molecule has 4 rings (SSSR count). The Bertz CT molecular complexity index is 1230. The highest BCUT2D eigenvalue weighted by molar-refractivity contribution is 7.91. The quantitative estimate of drug-likeness (QED) is 0.352. The fraction of sp³-hybridized carbons (Fsp3) is 0.0400. The van der Waals surface area contributed by atoms with Crippen molar-refractivity contribution in [3.05, 3.63) is 103 Å². The number of ether oxygens (including phenoxy) is 3. The number of rotatable bonds is 7. The summed E-state index contributed by atoms with van der Waals surface area (Å²) in [7, 11) is -1.93. The van der Waals surface area contributed by atoms with Crippen molar-refractivity contribution in [2.45, 2.75) is 9.79 Å². The van der Waals surface area contributed by atoms with Crippen LogP contribution in [0.2, 0.25) is 0 Å². The summed E-state index contributed by atoms with van der Waals surface area (Å²) in [6.45, 7) is 0. The molecule has 0 saturated heterocycles. The van der Waals surface area contributed by atoms with Gasteiger partial charge in [0.15, 0.2) is 0 Å². The van der Waals surface area contributed by atoms with Gasteiger partial charge in [-0.2, -0.15) is 0 Å². The monoisotopic (exact) mass is 432 g/mol. The van der Waals surface area contributed by atoms with Crippen LogP contribution in [0.25, 0.3) is 0 Å². The zero-order valence-electron chi connectivity index (χ0n) is 16.8. The number of hydrogen-bond acceptors (Lipinski definition) is 5. The summed E-state index contributed by atoms with van der Waals surface area (Å²) in [5, 5.41) is 0. The summed E-state index contributed by atoms with van der Waals surface area (Å²) in [5.74, 6) is 3.28. The first kappa shape index (κ1) is 20.5. The van der Waals surface area contributed by atoms with Gasteiger partial charge in [0.2, 0.25) is 9.84 Å². The molecule has 0 heterocycles. The third-order valence-electron chi connectivity index (χ3n) is 4.54. The first-order chi connectivity index (χ1) is 15.0. The molecule has 0 spiro atoms. The SMILES string of the molecule is COc1ccc(Oc2ccc(Oc3ccc(S(=O)(=O)c4ccccc4)cc3)cc2)cc1. The van der Waals surface area contributed by atoms with Gasteiger partial charge in [-0.25, -0.2) is 8.42 Å². The third-order valence-corrected chi connectivity index (χ3v) is 6.33. The lowest BCUT2D eigenvalue weighted by molar-refractivity contribution is 0.413. The van der Waals surface area contributed by atoms with Gasteiger partial charge in [-0.15, -0.1) is 0 Å². The van der Waals surface area contributed by atoms with Crippen LogP contribution in [-0.4, -0.2) is 15.5 Å². The van der Waals surface area contributed by atoms with Gasteiger partial charge in [0.1, 0.15) is 28.7 Å². The molecule has 156 valence electrons. The highest BCUT2D eigenvalue weighted by atomic mass is 32.2. The molecular weight excluding hydrogens is 412 g/mol. The topological polar surface area (TPSA) is 61.8 Å². The van der Waals surface area contributed by atoms with Crippen molar-refractivity contribution in [3.63, 3.8) is 0 Å². The molecule has 4 aromatic rings. The Labute approximate surface area is 181 Å². The van der Waals surface area contributed by atoms with Crippen LogP contribution in [0.5, 0.6) is 28.7 Å². The van der Waals surface area contributed by atoms with E-state index in [1.165, 1.54) is 0 Å². The maximum atomic E-state index is 12.7. The second-order valence-electron chi connectivity index (χ2n) is 6.64. The molecule has 31 heavy (non-hydrogen) atoms. The molecule has 0 radical (unpaired) electrons. The van der Waals surface area contributed by atoms with Crippen LogP contribution in [0.15, 0.2) is 113 Å². The Morgan fingerprint density at radius 3 is 1.26 bits per heavy atom. The Morgan fingerprint density at radius 2 is 0.839 bits per heavy atom. The lowest BCUT2D eigenvalue weighted by Crippen LogP contribution is -2.01. The molecule has 0 amide bonds. The van der Waals surface area contributed by atoms with Crippen molar-refractivity contribution in [3.8, 4) is 28.7 Å². The van der Waals surface area contributed by atoms with Crippen LogP contribution in [0.3, 0.4) is 0 Å². The fourth-order valence-electron chi connectivity index (χ4n) is 2.91. The molecule has 0 aliphatic rings. The zero-order chi connectivity index (χ0) is 21.7. The van der Waals surface area contributed by atoms with Gasteiger partial charge in [-0.05, 0) is 84.9 Å². The highest BCUT2D eigenvalue weighted by Gasteiger charge is 2.17. The van der Waals surface area contributed by atoms with Crippen LogP contribution in [0, 0.1) is 0 Å². The van der Waals surface area contributed by atoms with E-state index >= 15 is 0 Å². The molecule has 0 unspecified atom stereocenters. The molecular formula is C25H20O5S. The van der Waals surface area contributed by atoms with Crippen molar-refractivity contribution in [2.75, 3.05) is 7.11 Å². The Balaban J connectivity index is 1.42. The summed E-state index contributed by atoms with van der Waals surface area (Å²) in [6, 6.07) is 29.2. The maximum absolute atomic E-state index is 12.7. The summed E-state index contributed by atoms with van der Waals surface area (Å²) < 4.78 is 42.1. The molecule has 5 nitrogen and oxygen atoms in total. The van der Waals surface area contributed by atoms with Crippen LogP contribution in [0.4, 0.5) is 0 Å². The van der Waals surface area contributed by atoms with E-state index in [1.807, 2.05) is 24.3 Å². The predicted molar refractivity (Wildman–Crippen MR) is 118 cm³/mol. The number of benzene rings is 4. The van der Waals surface area contributed by atoms with Gasteiger partial charge in [-0.1, -0.05) is 18.2 Å². The van der Waals surface area contributed by atoms with Gasteiger partial charge in [0.25, 0.3) is 0 Å². The molecule has 0 aromatic heterocycles. The molecule has 0 fully saturated rings. The normalized spacial score (nSPS) is 11.0. The zero-order valence-corrected chi connectivity index (χ0v) is 17.6. The van der Waals surface area contributed by atoms with E-state index in [-0.39, 0.29) is 9.79 Å². The first-order valence-corrected chi connectivity index (χ1v) is 11.0. The van der Waals surface area contributed by atoms with E-state index in [4.69, 9.17) is 14.2 Å². The summed E-state index contributed by atoms with van der Waals surface area (Å²) in [4.78, 5) is 0.477. The lowest BCUT2D eigenvalue weighted by Gasteiger charge is -2.10. The Morgan fingerprint density at radius 1 is 0.484 bits per heavy atom. The maximum Gasteiger partial charge on any atom is 0.206 e. The molecule has 6 heteroatoms. The van der Waals surface area contributed by atoms with Crippen LogP contribution in [-0.2, 0) is 9.84 Å². The number of hydrogen-bond donors (Lipinski definition) is 0. The van der Waals surface area contributed by atoms with E-state index in [0.717, 1.165) is 5.75 Å². The second kappa shape index (κ2) is 8.93. The van der Waals surface area contributed by atoms with E-state index in [9.17, 15) is 8.42 Å². The molecule has 0 aliphatic heterocycles. The second-order valence-corrected chi connectivity index (χ2v) is 8.59. The van der Waals surface area contributed by atoms with E-state index in [1.54, 1.807) is 86.0 Å². The Kier molecular flexibility index (Phi) is 5.91. The van der Waals surface area contributed by atoms with Gasteiger partial charge in [0.05, 0.1) is 16.9 Å². The van der Waals surface area contributed by atoms with Crippen molar-refractivity contribution < 1.29 is 22.6 Å². The lowest BCUT2D eigenvalue weighted by atomic mass is 10.3. The highest BCUT2D eigenvalue weighted by Crippen LogP contribution is 2.29. The Hall–Kier alpha value is -3.77. The standard InChI is InChI=1S/C25H20O5S/c1-28-19-7-9-20(10-8-19)29-21-11-13-22(14-12-21)30-23-15-17-25(18-16-23)31(26,27)24-5-3-2-4-6-24/h2-18H,1H3. The average Bonchev–Trinajstić information content (AvgIpc) is 2.82. The van der Waals surface area contributed by atoms with Crippen LogP contribution in [0.1, 0.15) is 0 Å². The van der Waals surface area contributed by atoms with Gasteiger partial charge in [-0.3, -0.25) is 0 Å². The third kappa shape index (κ3) is 4.87. The van der Waals surface area contributed by atoms with E-state index < -0.39 is 9.84 Å². The largest absolute Gasteiger partial charge is 0.497 e. The van der Waals surface area contributed by atoms with Gasteiger partial charge >= 0.3 is 0 Å². The van der Waals surface area contributed by atoms with Gasteiger partial charge in [0, 0.05) is 0 Å². The average molecular weight is 432 g/mol. The van der Waals surface area contributed by atoms with Crippen molar-refractivity contribution in [1.29, 1.82) is 0 Å². The minimum Gasteiger partial charge on any atom is -0.497 e. The van der Waals surface area contributed by atoms with Crippen molar-refractivity contribution >= 4 is 9.84 Å². The summed E-state index contributed by atoms with van der Waals surface area (Å²) in [6.07, 6.45) is 0. The number of methoxy groups -OCH3 is 1. The van der Waals surface area contributed by atoms with Crippen LogP contribution < -0.4 is 14.2 Å². The van der Waals surface area contributed by atoms with Gasteiger partial charge < -0.3 is 14.2 Å². The smallest absolute Gasteiger partial charge is 0.206 e. The van der Waals surface area contributed by atoms with E-state index in [2.05, 4.69) is 0 Å². The fourth-order valence-corrected chi connectivity index (χ4v) is 4.20. The molecule has 0 saturated carbocycles. The first-order valence-electron chi connectivity index (χ1n) is 9.55. The molecule has 4 aromatic carbocycles. The van der Waals surface area contributed by atoms with Crippen molar-refractivity contribution in [2.24, 2.45) is 0 Å². The number of sulfone groups is 1. The molecule has 0 aliphatic carbocycles. The molecule has 0 atom stereocenters.